The van der Waals surface area contributed by atoms with Crippen LogP contribution in [0.2, 0.25) is 0 Å². The van der Waals surface area contributed by atoms with Crippen LogP contribution in [0.25, 0.3) is 6.08 Å². The van der Waals surface area contributed by atoms with Crippen LogP contribution in [0, 0.1) is 5.92 Å². The molecular weight excluding hydrogens is 371 g/mol. The first-order chi connectivity index (χ1) is 11.8. The SMILES string of the molecule is CCn1c(CC2CCNCC2)nn(C/C=C/c2ccccc2)c1=O.Cl.Cl. The van der Waals surface area contributed by atoms with E-state index in [4.69, 9.17) is 0 Å². The number of hydrogen-bond acceptors (Lipinski definition) is 3. The summed E-state index contributed by atoms with van der Waals surface area (Å²) in [5.41, 5.74) is 1.13. The second kappa shape index (κ2) is 11.2. The predicted molar refractivity (Wildman–Crippen MR) is 111 cm³/mol. The number of allylic oxidation sites excluding steroid dienone is 1. The molecule has 0 spiro atoms. The molecule has 5 nitrogen and oxygen atoms in total. The van der Waals surface area contributed by atoms with Crippen molar-refractivity contribution < 1.29 is 0 Å². The molecule has 7 heteroatoms. The topological polar surface area (TPSA) is 51.9 Å². The van der Waals surface area contributed by atoms with Crippen LogP contribution in [-0.2, 0) is 19.5 Å². The molecule has 0 bridgehead atoms. The third-order valence-electron chi connectivity index (χ3n) is 4.63. The van der Waals surface area contributed by atoms with Gasteiger partial charge in [0.15, 0.2) is 0 Å². The van der Waals surface area contributed by atoms with Gasteiger partial charge in [0.25, 0.3) is 0 Å². The third kappa shape index (κ3) is 5.73. The Morgan fingerprint density at radius 3 is 2.54 bits per heavy atom. The Balaban J connectivity index is 0.00000169. The third-order valence-corrected chi connectivity index (χ3v) is 4.63. The smallest absolute Gasteiger partial charge is 0.317 e. The maximum absolute atomic E-state index is 12.5. The van der Waals surface area contributed by atoms with Gasteiger partial charge >= 0.3 is 5.69 Å². The molecule has 144 valence electrons. The number of nitrogens with one attached hydrogen (secondary N) is 1. The van der Waals surface area contributed by atoms with Crippen molar-refractivity contribution in [3.05, 3.63) is 58.3 Å². The second-order valence-corrected chi connectivity index (χ2v) is 6.34. The highest BCUT2D eigenvalue weighted by atomic mass is 35.5. The first-order valence-electron chi connectivity index (χ1n) is 8.86. The van der Waals surface area contributed by atoms with Gasteiger partial charge in [-0.05, 0) is 44.3 Å². The molecule has 0 radical (unpaired) electrons. The van der Waals surface area contributed by atoms with Crippen LogP contribution < -0.4 is 11.0 Å². The lowest BCUT2D eigenvalue weighted by molar-refractivity contribution is 0.362. The summed E-state index contributed by atoms with van der Waals surface area (Å²) >= 11 is 0. The van der Waals surface area contributed by atoms with Crippen molar-refractivity contribution in [1.29, 1.82) is 0 Å². The van der Waals surface area contributed by atoms with Crippen LogP contribution in [0.4, 0.5) is 0 Å². The molecule has 1 aliphatic heterocycles. The lowest BCUT2D eigenvalue weighted by Crippen LogP contribution is -2.30. The van der Waals surface area contributed by atoms with E-state index in [0.717, 1.165) is 30.9 Å². The van der Waals surface area contributed by atoms with Crippen LogP contribution in [0.15, 0.2) is 41.2 Å². The Labute approximate surface area is 167 Å². The quantitative estimate of drug-likeness (QED) is 0.812. The summed E-state index contributed by atoms with van der Waals surface area (Å²) in [6.07, 6.45) is 7.26. The molecule has 2 heterocycles. The molecule has 3 rings (SSSR count). The molecule has 1 aliphatic rings. The summed E-state index contributed by atoms with van der Waals surface area (Å²) in [4.78, 5) is 12.5. The molecule has 0 atom stereocenters. The average molecular weight is 399 g/mol. The Morgan fingerprint density at radius 2 is 1.88 bits per heavy atom. The number of aromatic nitrogens is 3. The fraction of sp³-hybridized carbons (Fsp3) is 0.474. The van der Waals surface area contributed by atoms with E-state index in [0.29, 0.717) is 19.0 Å². The summed E-state index contributed by atoms with van der Waals surface area (Å²) in [5.74, 6) is 1.56. The van der Waals surface area contributed by atoms with Crippen molar-refractivity contribution in [1.82, 2.24) is 19.7 Å². The largest absolute Gasteiger partial charge is 0.346 e. The van der Waals surface area contributed by atoms with Gasteiger partial charge in [-0.1, -0.05) is 42.5 Å². The van der Waals surface area contributed by atoms with Gasteiger partial charge in [0.2, 0.25) is 0 Å². The highest BCUT2D eigenvalue weighted by Gasteiger charge is 2.18. The normalized spacial score (nSPS) is 14.8. The summed E-state index contributed by atoms with van der Waals surface area (Å²) in [5, 5.41) is 7.99. The van der Waals surface area contributed by atoms with Crippen molar-refractivity contribution >= 4 is 30.9 Å². The van der Waals surface area contributed by atoms with E-state index in [1.54, 1.807) is 4.68 Å². The van der Waals surface area contributed by atoms with Gasteiger partial charge in [-0.3, -0.25) is 4.57 Å². The van der Waals surface area contributed by atoms with E-state index < -0.39 is 0 Å². The molecule has 1 N–H and O–H groups in total. The summed E-state index contributed by atoms with van der Waals surface area (Å²) in [6.45, 7) is 5.35. The van der Waals surface area contributed by atoms with Crippen LogP contribution in [0.3, 0.4) is 0 Å². The van der Waals surface area contributed by atoms with Crippen molar-refractivity contribution in [3.63, 3.8) is 0 Å². The zero-order chi connectivity index (χ0) is 16.8. The fourth-order valence-electron chi connectivity index (χ4n) is 3.27. The predicted octanol–water partition coefficient (Wildman–Crippen LogP) is 3.16. The van der Waals surface area contributed by atoms with Crippen molar-refractivity contribution in [2.45, 2.75) is 39.3 Å². The van der Waals surface area contributed by atoms with Gasteiger partial charge in [0.05, 0.1) is 6.54 Å². The first kappa shape index (κ1) is 22.5. The van der Waals surface area contributed by atoms with E-state index in [2.05, 4.69) is 10.4 Å². The first-order valence-corrected chi connectivity index (χ1v) is 8.86. The highest BCUT2D eigenvalue weighted by molar-refractivity contribution is 5.85. The molecule has 0 amide bonds. The van der Waals surface area contributed by atoms with Gasteiger partial charge in [-0.25, -0.2) is 9.48 Å². The molecule has 0 saturated carbocycles. The molecule has 2 aromatic rings. The molecule has 1 aromatic heterocycles. The van der Waals surface area contributed by atoms with Gasteiger partial charge in [-0.2, -0.15) is 5.10 Å². The Morgan fingerprint density at radius 1 is 1.19 bits per heavy atom. The minimum absolute atomic E-state index is 0. The average Bonchev–Trinajstić information content (AvgIpc) is 2.91. The lowest BCUT2D eigenvalue weighted by Gasteiger charge is -2.21. The van der Waals surface area contributed by atoms with E-state index in [1.807, 2.05) is 54.0 Å². The molecule has 0 aliphatic carbocycles. The van der Waals surface area contributed by atoms with E-state index in [1.165, 1.54) is 12.8 Å². The van der Waals surface area contributed by atoms with Gasteiger partial charge in [0.1, 0.15) is 5.82 Å². The monoisotopic (exact) mass is 398 g/mol. The van der Waals surface area contributed by atoms with Crippen LogP contribution in [0.5, 0.6) is 0 Å². The zero-order valence-corrected chi connectivity index (χ0v) is 16.8. The standard InChI is InChI=1S/C19H26N4O.2ClH/c1-2-22-18(15-17-10-12-20-13-11-17)21-23(19(22)24)14-6-9-16-7-4-3-5-8-16;;/h3-9,17,20H,2,10-15H2,1H3;2*1H/b9-6+;;. The number of piperidine rings is 1. The highest BCUT2D eigenvalue weighted by Crippen LogP contribution is 2.16. The molecule has 1 fully saturated rings. The lowest BCUT2D eigenvalue weighted by atomic mass is 9.94. The van der Waals surface area contributed by atoms with E-state index >= 15 is 0 Å². The second-order valence-electron chi connectivity index (χ2n) is 6.34. The van der Waals surface area contributed by atoms with Gasteiger partial charge < -0.3 is 5.32 Å². The fourth-order valence-corrected chi connectivity index (χ4v) is 3.27. The number of halogens is 2. The minimum atomic E-state index is -0.000791. The Hall–Kier alpha value is -1.56. The van der Waals surface area contributed by atoms with E-state index in [9.17, 15) is 4.79 Å². The van der Waals surface area contributed by atoms with Crippen molar-refractivity contribution in [3.8, 4) is 0 Å². The molecular formula is C19H28Cl2N4O. The Bertz CT molecular complexity index is 734. The van der Waals surface area contributed by atoms with Gasteiger partial charge in [-0.15, -0.1) is 24.8 Å². The van der Waals surface area contributed by atoms with Crippen LogP contribution in [-0.4, -0.2) is 27.4 Å². The van der Waals surface area contributed by atoms with Crippen LogP contribution in [0.1, 0.15) is 31.2 Å². The number of nitrogens with zero attached hydrogens (tertiary/aromatic N) is 3. The van der Waals surface area contributed by atoms with Crippen LogP contribution >= 0.6 is 24.8 Å². The summed E-state index contributed by atoms with van der Waals surface area (Å²) in [7, 11) is 0. The Kier molecular flexibility index (Phi) is 9.70. The number of hydrogen-bond donors (Lipinski definition) is 1. The number of rotatable bonds is 6. The van der Waals surface area contributed by atoms with Crippen molar-refractivity contribution in [2.24, 2.45) is 5.92 Å². The maximum atomic E-state index is 12.5. The van der Waals surface area contributed by atoms with E-state index in [-0.39, 0.29) is 30.5 Å². The number of benzene rings is 1. The zero-order valence-electron chi connectivity index (χ0n) is 15.1. The van der Waals surface area contributed by atoms with Crippen molar-refractivity contribution in [2.75, 3.05) is 13.1 Å². The minimum Gasteiger partial charge on any atom is -0.317 e. The summed E-state index contributed by atoms with van der Waals surface area (Å²) in [6, 6.07) is 10.1. The molecule has 1 saturated heterocycles. The molecule has 1 aromatic carbocycles. The van der Waals surface area contributed by atoms with Gasteiger partial charge in [0, 0.05) is 13.0 Å². The molecule has 26 heavy (non-hydrogen) atoms. The molecule has 0 unspecified atom stereocenters. The maximum Gasteiger partial charge on any atom is 0.346 e. The summed E-state index contributed by atoms with van der Waals surface area (Å²) < 4.78 is 3.40.